The summed E-state index contributed by atoms with van der Waals surface area (Å²) >= 11 is 0. The van der Waals surface area contributed by atoms with Gasteiger partial charge in [-0.3, -0.25) is 0 Å². The molecular weight excluding hydrogens is 292 g/mol. The molecule has 0 bridgehead atoms. The fourth-order valence-corrected chi connectivity index (χ4v) is 2.49. The molecule has 0 atom stereocenters. The number of hydrogen-bond donors (Lipinski definition) is 0. The Morgan fingerprint density at radius 3 is 1.65 bits per heavy atom. The second kappa shape index (κ2) is 6.55. The highest BCUT2D eigenvalue weighted by Crippen LogP contribution is 2.21. The van der Waals surface area contributed by atoms with E-state index >= 15 is 0 Å². The second-order valence-corrected chi connectivity index (χ2v) is 6.67. The van der Waals surface area contributed by atoms with Gasteiger partial charge in [0.1, 0.15) is 0 Å². The summed E-state index contributed by atoms with van der Waals surface area (Å²) in [6, 6.07) is 24.3. The van der Waals surface area contributed by atoms with Crippen molar-refractivity contribution in [3.63, 3.8) is 0 Å². The van der Waals surface area contributed by atoms with Gasteiger partial charge in [0.2, 0.25) is 0 Å². The molecule has 0 N–H and O–H groups in total. The van der Waals surface area contributed by atoms with Crippen molar-refractivity contribution in [3.8, 4) is 0 Å². The lowest BCUT2D eigenvalue weighted by atomic mass is 10.1. The van der Waals surface area contributed by atoms with E-state index in [-0.39, 0.29) is 4.90 Å². The van der Waals surface area contributed by atoms with Gasteiger partial charge in [-0.2, -0.15) is 0 Å². The van der Waals surface area contributed by atoms with Crippen molar-refractivity contribution < 1.29 is 8.42 Å². The first-order valence-corrected chi connectivity index (χ1v) is 8.32. The molecule has 0 heterocycles. The zero-order chi connectivity index (χ0) is 14.4. The van der Waals surface area contributed by atoms with Crippen LogP contribution in [0.25, 0.3) is 10.8 Å². The highest BCUT2D eigenvalue weighted by atomic mass is 35.7. The van der Waals surface area contributed by atoms with Gasteiger partial charge in [0.05, 0.1) is 4.90 Å². The van der Waals surface area contributed by atoms with E-state index in [9.17, 15) is 8.42 Å². The molecule has 20 heavy (non-hydrogen) atoms. The molecule has 0 aliphatic rings. The maximum Gasteiger partial charge on any atom is 0.261 e. The second-order valence-electron chi connectivity index (χ2n) is 4.10. The summed E-state index contributed by atoms with van der Waals surface area (Å²) in [5, 5.41) is 1.87. The Labute approximate surface area is 123 Å². The molecule has 0 aliphatic carbocycles. The van der Waals surface area contributed by atoms with Crippen LogP contribution in [0.15, 0.2) is 83.8 Å². The van der Waals surface area contributed by atoms with Gasteiger partial charge >= 0.3 is 0 Å². The van der Waals surface area contributed by atoms with E-state index in [1.54, 1.807) is 12.1 Å². The van der Waals surface area contributed by atoms with Crippen LogP contribution in [0.4, 0.5) is 0 Å². The molecule has 0 amide bonds. The summed E-state index contributed by atoms with van der Waals surface area (Å²) in [5.74, 6) is 0. The molecule has 0 radical (unpaired) electrons. The van der Waals surface area contributed by atoms with E-state index in [1.165, 1.54) is 6.07 Å². The zero-order valence-electron chi connectivity index (χ0n) is 10.6. The standard InChI is InChI=1S/C10H7ClO2S.C6H6/c11-14(12,13)10-6-5-8-3-1-2-4-9(8)7-10;1-2-4-6-5-3-1/h1-7H;1-6H. The monoisotopic (exact) mass is 304 g/mol. The topological polar surface area (TPSA) is 34.1 Å². The number of benzene rings is 3. The molecule has 2 nitrogen and oxygen atoms in total. The Kier molecular flexibility index (Phi) is 4.77. The summed E-state index contributed by atoms with van der Waals surface area (Å²) in [6.07, 6.45) is 0. The van der Waals surface area contributed by atoms with Gasteiger partial charge in [-0.1, -0.05) is 66.7 Å². The minimum Gasteiger partial charge on any atom is -0.207 e. The van der Waals surface area contributed by atoms with Crippen LogP contribution in [-0.2, 0) is 9.05 Å². The van der Waals surface area contributed by atoms with Crippen molar-refractivity contribution in [1.82, 2.24) is 0 Å². The van der Waals surface area contributed by atoms with Crippen molar-refractivity contribution >= 4 is 30.5 Å². The maximum atomic E-state index is 11.0. The van der Waals surface area contributed by atoms with Crippen LogP contribution in [0.2, 0.25) is 0 Å². The van der Waals surface area contributed by atoms with Crippen LogP contribution in [0.3, 0.4) is 0 Å². The summed E-state index contributed by atoms with van der Waals surface area (Å²) in [5.41, 5.74) is 0. The van der Waals surface area contributed by atoms with Crippen LogP contribution >= 0.6 is 10.7 Å². The molecule has 0 spiro atoms. The normalized spacial score (nSPS) is 10.7. The number of rotatable bonds is 1. The Morgan fingerprint density at radius 1 is 0.650 bits per heavy atom. The Bertz CT molecular complexity index is 757. The molecule has 4 heteroatoms. The lowest BCUT2D eigenvalue weighted by molar-refractivity contribution is 0.609. The summed E-state index contributed by atoms with van der Waals surface area (Å²) in [7, 11) is 1.61. The van der Waals surface area contributed by atoms with Crippen molar-refractivity contribution in [1.29, 1.82) is 0 Å². The van der Waals surface area contributed by atoms with E-state index in [1.807, 2.05) is 60.7 Å². The van der Waals surface area contributed by atoms with Gasteiger partial charge < -0.3 is 0 Å². The lowest BCUT2D eigenvalue weighted by Crippen LogP contribution is -1.89. The molecule has 0 aromatic heterocycles. The third-order valence-electron chi connectivity index (χ3n) is 2.67. The lowest BCUT2D eigenvalue weighted by Gasteiger charge is -1.99. The maximum absolute atomic E-state index is 11.0. The first-order valence-electron chi connectivity index (χ1n) is 6.01. The van der Waals surface area contributed by atoms with Gasteiger partial charge in [0, 0.05) is 10.7 Å². The van der Waals surface area contributed by atoms with Crippen LogP contribution in [0, 0.1) is 0 Å². The van der Waals surface area contributed by atoms with Crippen molar-refractivity contribution in [2.24, 2.45) is 0 Å². The molecule has 3 aromatic carbocycles. The zero-order valence-corrected chi connectivity index (χ0v) is 12.2. The molecule has 0 saturated carbocycles. The van der Waals surface area contributed by atoms with Gasteiger partial charge in [-0.15, -0.1) is 0 Å². The first-order chi connectivity index (χ1) is 9.57. The third-order valence-corrected chi connectivity index (χ3v) is 4.02. The highest BCUT2D eigenvalue weighted by molar-refractivity contribution is 8.13. The molecule has 0 aliphatic heterocycles. The van der Waals surface area contributed by atoms with E-state index in [0.29, 0.717) is 0 Å². The Hall–Kier alpha value is -1.84. The van der Waals surface area contributed by atoms with E-state index in [2.05, 4.69) is 0 Å². The molecular formula is C16H13ClO2S. The molecule has 0 unspecified atom stereocenters. The molecule has 0 saturated heterocycles. The highest BCUT2D eigenvalue weighted by Gasteiger charge is 2.09. The molecule has 3 rings (SSSR count). The SMILES string of the molecule is O=S(=O)(Cl)c1ccc2ccccc2c1.c1ccccc1. The average Bonchev–Trinajstić information content (AvgIpc) is 2.48. The van der Waals surface area contributed by atoms with Crippen LogP contribution in [0.1, 0.15) is 0 Å². The fourth-order valence-electron chi connectivity index (χ4n) is 1.70. The molecule has 102 valence electrons. The number of halogens is 1. The number of hydrogen-bond acceptors (Lipinski definition) is 2. The van der Waals surface area contributed by atoms with Crippen molar-refractivity contribution in [2.75, 3.05) is 0 Å². The quantitative estimate of drug-likeness (QED) is 0.622. The minimum atomic E-state index is -3.62. The van der Waals surface area contributed by atoms with Gasteiger partial charge in [0.15, 0.2) is 0 Å². The van der Waals surface area contributed by atoms with Gasteiger partial charge in [0.25, 0.3) is 9.05 Å². The predicted molar refractivity (Wildman–Crippen MR) is 83.4 cm³/mol. The van der Waals surface area contributed by atoms with Crippen LogP contribution in [0.5, 0.6) is 0 Å². The largest absolute Gasteiger partial charge is 0.261 e. The van der Waals surface area contributed by atoms with Gasteiger partial charge in [-0.25, -0.2) is 8.42 Å². The van der Waals surface area contributed by atoms with Gasteiger partial charge in [-0.05, 0) is 22.9 Å². The van der Waals surface area contributed by atoms with Crippen molar-refractivity contribution in [3.05, 3.63) is 78.9 Å². The Balaban J connectivity index is 0.000000205. The summed E-state index contributed by atoms with van der Waals surface area (Å²) < 4.78 is 22.1. The summed E-state index contributed by atoms with van der Waals surface area (Å²) in [6.45, 7) is 0. The van der Waals surface area contributed by atoms with Crippen molar-refractivity contribution in [2.45, 2.75) is 4.90 Å². The Morgan fingerprint density at radius 2 is 1.15 bits per heavy atom. The molecule has 0 fully saturated rings. The van der Waals surface area contributed by atoms with E-state index in [0.717, 1.165) is 10.8 Å². The predicted octanol–water partition coefficient (Wildman–Crippen LogP) is 4.45. The first kappa shape index (κ1) is 14.6. The summed E-state index contributed by atoms with van der Waals surface area (Å²) in [4.78, 5) is 0.137. The van der Waals surface area contributed by atoms with E-state index in [4.69, 9.17) is 10.7 Å². The smallest absolute Gasteiger partial charge is 0.207 e. The third kappa shape index (κ3) is 4.08. The van der Waals surface area contributed by atoms with Crippen LogP contribution in [-0.4, -0.2) is 8.42 Å². The molecule has 3 aromatic rings. The number of fused-ring (bicyclic) bond motifs is 1. The average molecular weight is 305 g/mol. The minimum absolute atomic E-state index is 0.137. The van der Waals surface area contributed by atoms with E-state index < -0.39 is 9.05 Å². The fraction of sp³-hybridized carbons (Fsp3) is 0. The van der Waals surface area contributed by atoms with Crippen LogP contribution < -0.4 is 0 Å².